The lowest BCUT2D eigenvalue weighted by atomic mass is 9.94. The second-order valence-electron chi connectivity index (χ2n) is 4.91. The maximum Gasteiger partial charge on any atom is 0.139 e. The van der Waals surface area contributed by atoms with E-state index in [2.05, 4.69) is 0 Å². The Labute approximate surface area is 112 Å². The van der Waals surface area contributed by atoms with Crippen molar-refractivity contribution in [3.63, 3.8) is 0 Å². The molecule has 1 aromatic rings. The van der Waals surface area contributed by atoms with Gasteiger partial charge in [-0.2, -0.15) is 0 Å². The van der Waals surface area contributed by atoms with Crippen molar-refractivity contribution in [3.8, 4) is 0 Å². The van der Waals surface area contributed by atoms with E-state index in [0.717, 1.165) is 12.0 Å². The van der Waals surface area contributed by atoms with Crippen LogP contribution in [0.5, 0.6) is 0 Å². The van der Waals surface area contributed by atoms with Crippen molar-refractivity contribution < 1.29 is 20.1 Å². The van der Waals surface area contributed by atoms with E-state index in [1.807, 2.05) is 30.3 Å². The monoisotopic (exact) mass is 265 g/mol. The van der Waals surface area contributed by atoms with Crippen LogP contribution in [0.4, 0.5) is 0 Å². The maximum atomic E-state index is 11.0. The van der Waals surface area contributed by atoms with Crippen LogP contribution in [0, 0.1) is 0 Å². The first-order valence-corrected chi connectivity index (χ1v) is 6.41. The van der Waals surface area contributed by atoms with Crippen LogP contribution in [0.25, 0.3) is 0 Å². The van der Waals surface area contributed by atoms with Crippen LogP contribution in [0.3, 0.4) is 0 Å². The van der Waals surface area contributed by atoms with Gasteiger partial charge in [-0.25, -0.2) is 0 Å². The highest BCUT2D eigenvalue weighted by Gasteiger charge is 2.40. The Hall–Kier alpha value is -1.27. The Morgan fingerprint density at radius 3 is 2.47 bits per heavy atom. The van der Waals surface area contributed by atoms with Gasteiger partial charge in [0.1, 0.15) is 18.5 Å². The number of rotatable bonds is 4. The molecule has 0 aromatic heterocycles. The second-order valence-corrected chi connectivity index (χ2v) is 4.91. The third kappa shape index (κ3) is 3.19. The van der Waals surface area contributed by atoms with E-state index in [1.54, 1.807) is 4.90 Å². The number of aliphatic hydroxyl groups is 3. The number of likely N-dealkylation sites (tertiary alicyclic amines) is 1. The lowest BCUT2D eigenvalue weighted by Crippen LogP contribution is -2.62. The quantitative estimate of drug-likeness (QED) is 0.621. The Kier molecular flexibility index (Phi) is 4.66. The van der Waals surface area contributed by atoms with Crippen LogP contribution in [0.15, 0.2) is 30.3 Å². The number of hydrogen-bond acceptors (Lipinski definition) is 5. The number of piperidine rings is 1. The lowest BCUT2D eigenvalue weighted by Gasteiger charge is -2.41. The molecule has 104 valence electrons. The SMILES string of the molecule is O=CC1C(O)C(O)C(O)CN1CCc1ccccc1. The summed E-state index contributed by atoms with van der Waals surface area (Å²) in [6, 6.07) is 9.03. The van der Waals surface area contributed by atoms with Gasteiger partial charge in [-0.15, -0.1) is 0 Å². The number of benzene rings is 1. The van der Waals surface area contributed by atoms with Gasteiger partial charge < -0.3 is 20.1 Å². The number of aliphatic hydroxyl groups excluding tert-OH is 3. The Balaban J connectivity index is 2.00. The van der Waals surface area contributed by atoms with Crippen LogP contribution >= 0.6 is 0 Å². The number of carbonyl (C=O) groups excluding carboxylic acids is 1. The third-order valence-corrected chi connectivity index (χ3v) is 3.61. The molecule has 5 nitrogen and oxygen atoms in total. The largest absolute Gasteiger partial charge is 0.389 e. The molecule has 1 heterocycles. The molecule has 4 atom stereocenters. The normalized spacial score (nSPS) is 32.2. The highest BCUT2D eigenvalue weighted by molar-refractivity contribution is 5.59. The molecule has 4 unspecified atom stereocenters. The van der Waals surface area contributed by atoms with Crippen LogP contribution in [-0.4, -0.2) is 63.9 Å². The number of nitrogens with zero attached hydrogens (tertiary/aromatic N) is 1. The summed E-state index contributed by atoms with van der Waals surface area (Å²) in [6.45, 7) is 0.739. The minimum absolute atomic E-state index is 0.189. The van der Waals surface area contributed by atoms with Crippen molar-refractivity contribution >= 4 is 6.29 Å². The van der Waals surface area contributed by atoms with Crippen molar-refractivity contribution in [1.29, 1.82) is 0 Å². The van der Waals surface area contributed by atoms with Crippen LogP contribution < -0.4 is 0 Å². The first-order chi connectivity index (χ1) is 9.13. The lowest BCUT2D eigenvalue weighted by molar-refractivity contribution is -0.147. The van der Waals surface area contributed by atoms with E-state index in [-0.39, 0.29) is 6.54 Å². The molecule has 0 amide bonds. The first-order valence-electron chi connectivity index (χ1n) is 6.41. The summed E-state index contributed by atoms with van der Waals surface area (Å²) in [5.41, 5.74) is 1.13. The molecule has 0 aliphatic carbocycles. The predicted molar refractivity (Wildman–Crippen MR) is 69.6 cm³/mol. The van der Waals surface area contributed by atoms with Gasteiger partial charge >= 0.3 is 0 Å². The summed E-state index contributed by atoms with van der Waals surface area (Å²) >= 11 is 0. The van der Waals surface area contributed by atoms with Gasteiger partial charge in [-0.05, 0) is 12.0 Å². The fourth-order valence-corrected chi connectivity index (χ4v) is 2.44. The highest BCUT2D eigenvalue weighted by Crippen LogP contribution is 2.18. The van der Waals surface area contributed by atoms with Crippen LogP contribution in [0.1, 0.15) is 5.56 Å². The summed E-state index contributed by atoms with van der Waals surface area (Å²) < 4.78 is 0. The van der Waals surface area contributed by atoms with E-state index in [4.69, 9.17) is 0 Å². The smallest absolute Gasteiger partial charge is 0.139 e. The summed E-state index contributed by atoms with van der Waals surface area (Å²) in [6.07, 6.45) is -2.17. The molecule has 3 N–H and O–H groups in total. The van der Waals surface area contributed by atoms with Crippen molar-refractivity contribution in [2.75, 3.05) is 13.1 Å². The van der Waals surface area contributed by atoms with Crippen molar-refractivity contribution in [2.24, 2.45) is 0 Å². The third-order valence-electron chi connectivity index (χ3n) is 3.61. The highest BCUT2D eigenvalue weighted by atomic mass is 16.4. The van der Waals surface area contributed by atoms with Crippen LogP contribution in [0.2, 0.25) is 0 Å². The van der Waals surface area contributed by atoms with E-state index in [1.165, 1.54) is 0 Å². The van der Waals surface area contributed by atoms with Crippen molar-refractivity contribution in [2.45, 2.75) is 30.8 Å². The van der Waals surface area contributed by atoms with Gasteiger partial charge in [0.2, 0.25) is 0 Å². The van der Waals surface area contributed by atoms with E-state index < -0.39 is 24.4 Å². The molecule has 1 aliphatic heterocycles. The molecule has 1 fully saturated rings. The molecule has 1 aliphatic rings. The summed E-state index contributed by atoms with van der Waals surface area (Å²) in [4.78, 5) is 12.8. The van der Waals surface area contributed by atoms with Crippen LogP contribution in [-0.2, 0) is 11.2 Å². The van der Waals surface area contributed by atoms with Gasteiger partial charge in [0.05, 0.1) is 12.1 Å². The standard InChI is InChI=1S/C14H19NO4/c16-9-11-13(18)14(19)12(17)8-15(11)7-6-10-4-2-1-3-5-10/h1-5,9,11-14,17-19H,6-8H2. The molecule has 0 saturated carbocycles. The zero-order chi connectivity index (χ0) is 13.8. The molecule has 5 heteroatoms. The zero-order valence-corrected chi connectivity index (χ0v) is 10.6. The molecule has 1 saturated heterocycles. The Morgan fingerprint density at radius 1 is 1.16 bits per heavy atom. The fourth-order valence-electron chi connectivity index (χ4n) is 2.44. The summed E-state index contributed by atoms with van der Waals surface area (Å²) in [7, 11) is 0. The molecule has 0 radical (unpaired) electrons. The topological polar surface area (TPSA) is 81.0 Å². The molecule has 19 heavy (non-hydrogen) atoms. The number of hydrogen-bond donors (Lipinski definition) is 3. The molecular weight excluding hydrogens is 246 g/mol. The van der Waals surface area contributed by atoms with E-state index in [9.17, 15) is 20.1 Å². The average Bonchev–Trinajstić information content (AvgIpc) is 2.44. The second kappa shape index (κ2) is 6.25. The first kappa shape index (κ1) is 14.1. The number of β-amino-alcohol motifs (C(OH)–C–C–N with tert-alkyl or cyclic N) is 1. The van der Waals surface area contributed by atoms with Crippen molar-refractivity contribution in [3.05, 3.63) is 35.9 Å². The Morgan fingerprint density at radius 2 is 1.84 bits per heavy atom. The van der Waals surface area contributed by atoms with Gasteiger partial charge in [0, 0.05) is 13.1 Å². The van der Waals surface area contributed by atoms with Gasteiger partial charge in [-0.1, -0.05) is 30.3 Å². The molecule has 1 aromatic carbocycles. The molecule has 0 bridgehead atoms. The minimum Gasteiger partial charge on any atom is -0.389 e. The van der Waals surface area contributed by atoms with E-state index >= 15 is 0 Å². The molecule has 0 spiro atoms. The van der Waals surface area contributed by atoms with Gasteiger partial charge in [-0.3, -0.25) is 4.90 Å². The predicted octanol–water partition coefficient (Wildman–Crippen LogP) is -0.805. The molecular formula is C14H19NO4. The summed E-state index contributed by atoms with van der Waals surface area (Å²) in [5, 5.41) is 29.0. The summed E-state index contributed by atoms with van der Waals surface area (Å²) in [5.74, 6) is 0. The van der Waals surface area contributed by atoms with Gasteiger partial charge in [0.15, 0.2) is 0 Å². The van der Waals surface area contributed by atoms with E-state index in [0.29, 0.717) is 12.8 Å². The molecule has 2 rings (SSSR count). The van der Waals surface area contributed by atoms with Gasteiger partial charge in [0.25, 0.3) is 0 Å². The maximum absolute atomic E-state index is 11.0. The zero-order valence-electron chi connectivity index (χ0n) is 10.6. The fraction of sp³-hybridized carbons (Fsp3) is 0.500. The van der Waals surface area contributed by atoms with Crippen molar-refractivity contribution in [1.82, 2.24) is 4.90 Å². The number of carbonyl (C=O) groups is 1. The number of aldehydes is 1. The average molecular weight is 265 g/mol. The minimum atomic E-state index is -1.26. The Bertz CT molecular complexity index is 411.